The van der Waals surface area contributed by atoms with Crippen LogP contribution in [-0.2, 0) is 4.79 Å². The molecule has 0 saturated carbocycles. The Morgan fingerprint density at radius 1 is 1.12 bits per heavy atom. The topological polar surface area (TPSA) is 53.9 Å². The van der Waals surface area contributed by atoms with Gasteiger partial charge in [0.05, 0.1) is 23.0 Å². The molecular weight excluding hydrogens is 391 g/mol. The van der Waals surface area contributed by atoms with Crippen LogP contribution < -0.4 is 15.5 Å². The second-order valence-electron chi connectivity index (χ2n) is 6.27. The molecule has 5 nitrogen and oxygen atoms in total. The Labute approximate surface area is 166 Å². The maximum atomic E-state index is 13.1. The molecule has 26 heavy (non-hydrogen) atoms. The van der Waals surface area contributed by atoms with E-state index in [4.69, 9.17) is 47.7 Å². The van der Waals surface area contributed by atoms with Crippen LogP contribution in [0.1, 0.15) is 13.8 Å². The molecule has 1 fully saturated rings. The minimum atomic E-state index is -0.928. The molecule has 0 spiro atoms. The normalized spacial score (nSPS) is 16.1. The van der Waals surface area contributed by atoms with Gasteiger partial charge < -0.3 is 10.6 Å². The van der Waals surface area contributed by atoms with Crippen molar-refractivity contribution >= 4 is 69.2 Å². The highest BCUT2D eigenvalue weighted by Gasteiger charge is 2.50. The molecule has 0 bridgehead atoms. The molecule has 0 unspecified atom stereocenters. The summed E-state index contributed by atoms with van der Waals surface area (Å²) in [5.74, 6) is -0.206. The van der Waals surface area contributed by atoms with Gasteiger partial charge in [-0.05, 0) is 56.4 Å². The van der Waals surface area contributed by atoms with Crippen molar-refractivity contribution in [2.24, 2.45) is 0 Å². The second kappa shape index (κ2) is 6.44. The number of nitrogens with two attached hydrogens (primary N) is 1. The number of thiocarbonyl (C=S) groups is 1. The van der Waals surface area contributed by atoms with Crippen LogP contribution in [0.15, 0.2) is 36.4 Å². The van der Waals surface area contributed by atoms with E-state index in [-0.39, 0.29) is 10.9 Å². The number of hydrogen-bond acceptors (Lipinski definition) is 3. The van der Waals surface area contributed by atoms with Gasteiger partial charge in [-0.3, -0.25) is 9.69 Å². The molecule has 0 aromatic heterocycles. The molecule has 1 saturated heterocycles. The number of nitrogens with zero attached hydrogens (tertiary/aromatic N) is 3. The fourth-order valence-corrected chi connectivity index (χ4v) is 3.71. The van der Waals surface area contributed by atoms with E-state index in [0.29, 0.717) is 32.9 Å². The van der Waals surface area contributed by atoms with Gasteiger partial charge in [-0.1, -0.05) is 29.3 Å². The molecule has 0 aliphatic carbocycles. The van der Waals surface area contributed by atoms with E-state index in [2.05, 4.69) is 4.85 Å². The van der Waals surface area contributed by atoms with Crippen LogP contribution in [0.2, 0.25) is 10.0 Å². The third kappa shape index (κ3) is 2.78. The van der Waals surface area contributed by atoms with Crippen LogP contribution in [0, 0.1) is 6.57 Å². The Bertz CT molecular complexity index is 984. The lowest BCUT2D eigenvalue weighted by atomic mass is 10.0. The van der Waals surface area contributed by atoms with Crippen molar-refractivity contribution in [3.8, 4) is 0 Å². The van der Waals surface area contributed by atoms with E-state index in [1.165, 1.54) is 4.90 Å². The lowest BCUT2D eigenvalue weighted by Gasteiger charge is -2.29. The molecular formula is C18H14Cl2N4OS. The molecule has 2 aromatic carbocycles. The zero-order valence-electron chi connectivity index (χ0n) is 14.0. The van der Waals surface area contributed by atoms with Crippen molar-refractivity contribution < 1.29 is 4.79 Å². The first-order valence-electron chi connectivity index (χ1n) is 7.59. The van der Waals surface area contributed by atoms with Crippen LogP contribution in [0.25, 0.3) is 4.85 Å². The fraction of sp³-hybridized carbons (Fsp3) is 0.167. The monoisotopic (exact) mass is 404 g/mol. The predicted octanol–water partition coefficient (Wildman–Crippen LogP) is 5.04. The zero-order chi connectivity index (χ0) is 19.2. The number of benzene rings is 2. The van der Waals surface area contributed by atoms with E-state index in [1.54, 1.807) is 55.1 Å². The summed E-state index contributed by atoms with van der Waals surface area (Å²) < 4.78 is 0. The van der Waals surface area contributed by atoms with Gasteiger partial charge in [0.1, 0.15) is 5.54 Å². The maximum absolute atomic E-state index is 13.1. The SMILES string of the molecule is [C-]#[N+]c1ccc(N2C(=O)C(C)(C)N(c3ccc(Cl)c(N)c3)C2=S)cc1Cl. The van der Waals surface area contributed by atoms with Crippen molar-refractivity contribution in [1.29, 1.82) is 0 Å². The molecule has 0 radical (unpaired) electrons. The van der Waals surface area contributed by atoms with Crippen LogP contribution in [0.5, 0.6) is 0 Å². The van der Waals surface area contributed by atoms with Gasteiger partial charge in [0.25, 0.3) is 5.91 Å². The number of hydrogen-bond donors (Lipinski definition) is 1. The summed E-state index contributed by atoms with van der Waals surface area (Å²) in [4.78, 5) is 19.6. The quantitative estimate of drug-likeness (QED) is 0.432. The summed E-state index contributed by atoms with van der Waals surface area (Å²) >= 11 is 17.7. The Kier molecular flexibility index (Phi) is 4.57. The minimum absolute atomic E-state index is 0.206. The van der Waals surface area contributed by atoms with Crippen molar-refractivity contribution in [3.05, 3.63) is 57.9 Å². The molecule has 3 rings (SSSR count). The predicted molar refractivity (Wildman–Crippen MR) is 110 cm³/mol. The number of halogens is 2. The lowest BCUT2D eigenvalue weighted by Crippen LogP contribution is -2.44. The molecule has 2 aromatic rings. The Hall–Kier alpha value is -2.33. The van der Waals surface area contributed by atoms with E-state index < -0.39 is 5.54 Å². The second-order valence-corrected chi connectivity index (χ2v) is 7.45. The average molecular weight is 405 g/mol. The summed E-state index contributed by atoms with van der Waals surface area (Å²) in [5, 5.41) is 0.995. The number of carbonyl (C=O) groups excluding carboxylic acids is 1. The molecule has 1 amide bonds. The van der Waals surface area contributed by atoms with E-state index in [1.807, 2.05) is 0 Å². The number of carbonyl (C=O) groups is 1. The van der Waals surface area contributed by atoms with Gasteiger partial charge in [0.2, 0.25) is 5.69 Å². The fourth-order valence-electron chi connectivity index (χ4n) is 2.85. The third-order valence-corrected chi connectivity index (χ3v) is 5.23. The maximum Gasteiger partial charge on any atom is 0.259 e. The first kappa shape index (κ1) is 18.5. The highest BCUT2D eigenvalue weighted by atomic mass is 35.5. The van der Waals surface area contributed by atoms with Gasteiger partial charge >= 0.3 is 0 Å². The van der Waals surface area contributed by atoms with E-state index in [0.717, 1.165) is 0 Å². The van der Waals surface area contributed by atoms with Crippen LogP contribution in [-0.4, -0.2) is 16.6 Å². The molecule has 1 aliphatic rings. The third-order valence-electron chi connectivity index (χ3n) is 4.22. The summed E-state index contributed by atoms with van der Waals surface area (Å²) in [5.41, 5.74) is 6.87. The first-order chi connectivity index (χ1) is 12.2. The zero-order valence-corrected chi connectivity index (χ0v) is 16.3. The van der Waals surface area contributed by atoms with Crippen LogP contribution in [0.3, 0.4) is 0 Å². The van der Waals surface area contributed by atoms with Gasteiger partial charge in [0.15, 0.2) is 5.11 Å². The summed E-state index contributed by atoms with van der Waals surface area (Å²) in [6.07, 6.45) is 0. The van der Waals surface area contributed by atoms with Gasteiger partial charge in [-0.2, -0.15) is 0 Å². The van der Waals surface area contributed by atoms with Crippen LogP contribution in [0.4, 0.5) is 22.7 Å². The number of amides is 1. The van der Waals surface area contributed by atoms with Gasteiger partial charge in [0, 0.05) is 10.7 Å². The highest BCUT2D eigenvalue weighted by molar-refractivity contribution is 7.81. The Morgan fingerprint density at radius 2 is 1.77 bits per heavy atom. The Balaban J connectivity index is 2.09. The van der Waals surface area contributed by atoms with Crippen molar-refractivity contribution in [2.45, 2.75) is 19.4 Å². The lowest BCUT2D eigenvalue weighted by molar-refractivity contribution is -0.120. The van der Waals surface area contributed by atoms with Crippen molar-refractivity contribution in [2.75, 3.05) is 15.5 Å². The average Bonchev–Trinajstić information content (AvgIpc) is 2.75. The van der Waals surface area contributed by atoms with Crippen molar-refractivity contribution in [1.82, 2.24) is 0 Å². The Morgan fingerprint density at radius 3 is 2.35 bits per heavy atom. The summed E-state index contributed by atoms with van der Waals surface area (Å²) in [7, 11) is 0. The first-order valence-corrected chi connectivity index (χ1v) is 8.75. The van der Waals surface area contributed by atoms with Crippen LogP contribution >= 0.6 is 35.4 Å². The molecule has 132 valence electrons. The molecule has 8 heteroatoms. The summed E-state index contributed by atoms with van der Waals surface area (Å²) in [6.45, 7) is 10.7. The smallest absolute Gasteiger partial charge is 0.259 e. The van der Waals surface area contributed by atoms with E-state index in [9.17, 15) is 4.79 Å². The molecule has 1 aliphatic heterocycles. The largest absolute Gasteiger partial charge is 0.397 e. The van der Waals surface area contributed by atoms with Gasteiger partial charge in [-0.15, -0.1) is 0 Å². The van der Waals surface area contributed by atoms with Crippen molar-refractivity contribution in [3.63, 3.8) is 0 Å². The molecule has 0 atom stereocenters. The van der Waals surface area contributed by atoms with E-state index >= 15 is 0 Å². The number of nitrogen functional groups attached to an aromatic ring is 1. The minimum Gasteiger partial charge on any atom is -0.397 e. The summed E-state index contributed by atoms with van der Waals surface area (Å²) in [6, 6.07) is 9.89. The number of rotatable bonds is 2. The van der Waals surface area contributed by atoms with Gasteiger partial charge in [-0.25, -0.2) is 4.85 Å². The number of anilines is 3. The standard InChI is InChI=1S/C18H14Cl2N4OS/c1-18(2)16(25)23(10-5-7-15(22-3)13(20)8-10)17(26)24(18)11-4-6-12(19)14(21)9-11/h4-9H,21H2,1-2H3. The molecule has 2 N–H and O–H groups in total. The molecule has 1 heterocycles. The highest BCUT2D eigenvalue weighted by Crippen LogP contribution is 2.39.